The number of para-hydroxylation sites is 2. The maximum atomic E-state index is 6.33. The number of hydrogen-bond donors (Lipinski definition) is 0. The van der Waals surface area contributed by atoms with Gasteiger partial charge in [0.25, 0.3) is 0 Å². The molecule has 0 radical (unpaired) electrons. The minimum atomic E-state index is 0.857. The van der Waals surface area contributed by atoms with Gasteiger partial charge in [0.2, 0.25) is 0 Å². The van der Waals surface area contributed by atoms with Crippen molar-refractivity contribution >= 4 is 33.0 Å². The molecule has 0 bridgehead atoms. The SMILES string of the molecule is Cc1cc(C)cc(-n2c(-c3cccc4c3oc3ccccc34)nc3ccnc(C)c32)c1. The maximum absolute atomic E-state index is 6.33. The molecule has 0 amide bonds. The van der Waals surface area contributed by atoms with Gasteiger partial charge in [-0.1, -0.05) is 36.4 Å². The summed E-state index contributed by atoms with van der Waals surface area (Å²) in [5.41, 5.74) is 9.13. The molecule has 0 aliphatic rings. The summed E-state index contributed by atoms with van der Waals surface area (Å²) in [7, 11) is 0. The molecule has 0 aliphatic carbocycles. The zero-order valence-electron chi connectivity index (χ0n) is 17.7. The lowest BCUT2D eigenvalue weighted by molar-refractivity contribution is 0.669. The zero-order chi connectivity index (χ0) is 21.1. The van der Waals surface area contributed by atoms with E-state index in [1.165, 1.54) is 11.1 Å². The Hall–Kier alpha value is -3.92. The second kappa shape index (κ2) is 6.54. The number of fused-ring (bicyclic) bond motifs is 4. The molecule has 31 heavy (non-hydrogen) atoms. The molecule has 3 aromatic heterocycles. The highest BCUT2D eigenvalue weighted by molar-refractivity contribution is 6.09. The minimum Gasteiger partial charge on any atom is -0.455 e. The number of pyridine rings is 1. The molecule has 0 aliphatic heterocycles. The molecule has 4 nitrogen and oxygen atoms in total. The summed E-state index contributed by atoms with van der Waals surface area (Å²) in [4.78, 5) is 9.62. The van der Waals surface area contributed by atoms with Gasteiger partial charge in [-0.15, -0.1) is 0 Å². The Balaban J connectivity index is 1.76. The lowest BCUT2D eigenvalue weighted by Crippen LogP contribution is -2.00. The number of furan rings is 1. The van der Waals surface area contributed by atoms with Crippen LogP contribution in [0.4, 0.5) is 0 Å². The van der Waals surface area contributed by atoms with Gasteiger partial charge in [0.1, 0.15) is 17.0 Å². The number of imidazole rings is 1. The van der Waals surface area contributed by atoms with Gasteiger partial charge in [0.05, 0.1) is 22.3 Å². The molecular formula is C27H21N3O. The van der Waals surface area contributed by atoms with Gasteiger partial charge >= 0.3 is 0 Å². The van der Waals surface area contributed by atoms with Crippen LogP contribution in [0.1, 0.15) is 16.8 Å². The normalized spacial score (nSPS) is 11.7. The van der Waals surface area contributed by atoms with Crippen LogP contribution in [0.2, 0.25) is 0 Å². The summed E-state index contributed by atoms with van der Waals surface area (Å²) >= 11 is 0. The van der Waals surface area contributed by atoms with E-state index in [1.807, 2.05) is 37.4 Å². The molecular weight excluding hydrogens is 382 g/mol. The van der Waals surface area contributed by atoms with Gasteiger partial charge < -0.3 is 4.42 Å². The van der Waals surface area contributed by atoms with E-state index in [9.17, 15) is 0 Å². The third-order valence-corrected chi connectivity index (χ3v) is 5.86. The average molecular weight is 403 g/mol. The van der Waals surface area contributed by atoms with Crippen molar-refractivity contribution in [2.24, 2.45) is 0 Å². The van der Waals surface area contributed by atoms with Crippen LogP contribution in [0.25, 0.3) is 50.0 Å². The lowest BCUT2D eigenvalue weighted by atomic mass is 10.1. The van der Waals surface area contributed by atoms with Gasteiger partial charge in [-0.25, -0.2) is 4.98 Å². The summed E-state index contributed by atoms with van der Waals surface area (Å²) in [5, 5.41) is 2.22. The van der Waals surface area contributed by atoms with Crippen LogP contribution in [0.3, 0.4) is 0 Å². The molecule has 0 saturated carbocycles. The number of hydrogen-bond acceptors (Lipinski definition) is 3. The van der Waals surface area contributed by atoms with Gasteiger partial charge in [0.15, 0.2) is 0 Å². The summed E-state index contributed by atoms with van der Waals surface area (Å²) in [5.74, 6) is 0.862. The summed E-state index contributed by atoms with van der Waals surface area (Å²) in [6.45, 7) is 6.29. The van der Waals surface area contributed by atoms with Crippen molar-refractivity contribution in [2.45, 2.75) is 20.8 Å². The van der Waals surface area contributed by atoms with Crippen LogP contribution < -0.4 is 0 Å². The average Bonchev–Trinajstić information content (AvgIpc) is 3.32. The molecule has 6 rings (SSSR count). The van der Waals surface area contributed by atoms with Crippen molar-refractivity contribution in [1.82, 2.24) is 14.5 Å². The number of aryl methyl sites for hydroxylation is 3. The Morgan fingerprint density at radius 3 is 2.42 bits per heavy atom. The van der Waals surface area contributed by atoms with Crippen molar-refractivity contribution in [2.75, 3.05) is 0 Å². The molecule has 4 heteroatoms. The second-order valence-corrected chi connectivity index (χ2v) is 8.16. The van der Waals surface area contributed by atoms with E-state index in [-0.39, 0.29) is 0 Å². The highest BCUT2D eigenvalue weighted by Gasteiger charge is 2.21. The Morgan fingerprint density at radius 1 is 0.806 bits per heavy atom. The molecule has 6 aromatic rings. The smallest absolute Gasteiger partial charge is 0.149 e. The van der Waals surface area contributed by atoms with Crippen LogP contribution in [-0.2, 0) is 0 Å². The Bertz CT molecular complexity index is 1600. The number of nitrogens with zero attached hydrogens (tertiary/aromatic N) is 3. The predicted octanol–water partition coefficient (Wildman–Crippen LogP) is 6.91. The lowest BCUT2D eigenvalue weighted by Gasteiger charge is -2.12. The predicted molar refractivity (Wildman–Crippen MR) is 126 cm³/mol. The first kappa shape index (κ1) is 17.9. The van der Waals surface area contributed by atoms with Crippen LogP contribution in [0.15, 0.2) is 77.3 Å². The first-order chi connectivity index (χ1) is 15.1. The largest absolute Gasteiger partial charge is 0.455 e. The van der Waals surface area contributed by atoms with Gasteiger partial charge in [-0.2, -0.15) is 0 Å². The van der Waals surface area contributed by atoms with E-state index in [0.29, 0.717) is 0 Å². The van der Waals surface area contributed by atoms with Crippen LogP contribution in [0.5, 0.6) is 0 Å². The number of aromatic nitrogens is 3. The fourth-order valence-corrected chi connectivity index (χ4v) is 4.62. The van der Waals surface area contributed by atoms with Crippen molar-refractivity contribution in [3.63, 3.8) is 0 Å². The van der Waals surface area contributed by atoms with Crippen LogP contribution >= 0.6 is 0 Å². The third kappa shape index (κ3) is 2.68. The second-order valence-electron chi connectivity index (χ2n) is 8.16. The Kier molecular flexibility index (Phi) is 3.78. The topological polar surface area (TPSA) is 43.9 Å². The summed E-state index contributed by atoms with van der Waals surface area (Å²) < 4.78 is 8.56. The first-order valence-corrected chi connectivity index (χ1v) is 10.4. The minimum absolute atomic E-state index is 0.857. The van der Waals surface area contributed by atoms with E-state index in [0.717, 1.165) is 55.7 Å². The molecule has 0 atom stereocenters. The molecule has 3 aromatic carbocycles. The van der Waals surface area contributed by atoms with E-state index >= 15 is 0 Å². The van der Waals surface area contributed by atoms with Gasteiger partial charge in [-0.3, -0.25) is 9.55 Å². The molecule has 0 fully saturated rings. The zero-order valence-corrected chi connectivity index (χ0v) is 17.7. The Labute approximate surface area is 179 Å². The van der Waals surface area contributed by atoms with E-state index in [2.05, 4.69) is 65.9 Å². The molecule has 0 saturated heterocycles. The van der Waals surface area contributed by atoms with Crippen molar-refractivity contribution in [1.29, 1.82) is 0 Å². The third-order valence-electron chi connectivity index (χ3n) is 5.86. The summed E-state index contributed by atoms with van der Waals surface area (Å²) in [6, 6.07) is 23.0. The molecule has 0 N–H and O–H groups in total. The molecule has 0 spiro atoms. The standard InChI is InChI=1S/C27H21N3O/c1-16-13-17(2)15-19(14-16)30-25-18(3)28-12-11-23(25)29-27(30)22-9-6-8-21-20-7-4-5-10-24(20)31-26(21)22/h4-15H,1-3H3. The molecule has 3 heterocycles. The Morgan fingerprint density at radius 2 is 1.58 bits per heavy atom. The quantitative estimate of drug-likeness (QED) is 0.315. The first-order valence-electron chi connectivity index (χ1n) is 10.4. The fraction of sp³-hybridized carbons (Fsp3) is 0.111. The van der Waals surface area contributed by atoms with E-state index in [1.54, 1.807) is 0 Å². The van der Waals surface area contributed by atoms with Gasteiger partial charge in [-0.05, 0) is 62.2 Å². The monoisotopic (exact) mass is 403 g/mol. The van der Waals surface area contributed by atoms with Crippen molar-refractivity contribution in [3.8, 4) is 17.1 Å². The number of benzene rings is 3. The molecule has 150 valence electrons. The number of rotatable bonds is 2. The van der Waals surface area contributed by atoms with Crippen molar-refractivity contribution < 1.29 is 4.42 Å². The maximum Gasteiger partial charge on any atom is 0.149 e. The van der Waals surface area contributed by atoms with E-state index < -0.39 is 0 Å². The highest BCUT2D eigenvalue weighted by atomic mass is 16.3. The van der Waals surface area contributed by atoms with Crippen LogP contribution in [0, 0.1) is 20.8 Å². The summed E-state index contributed by atoms with van der Waals surface area (Å²) in [6.07, 6.45) is 1.82. The van der Waals surface area contributed by atoms with Gasteiger partial charge in [0, 0.05) is 22.7 Å². The fourth-order valence-electron chi connectivity index (χ4n) is 4.62. The van der Waals surface area contributed by atoms with Crippen LogP contribution in [-0.4, -0.2) is 14.5 Å². The molecule has 0 unspecified atom stereocenters. The van der Waals surface area contributed by atoms with Crippen molar-refractivity contribution in [3.05, 3.63) is 89.7 Å². The van der Waals surface area contributed by atoms with E-state index in [4.69, 9.17) is 9.40 Å². The highest BCUT2D eigenvalue weighted by Crippen LogP contribution is 2.38.